The molecule has 7 nitrogen and oxygen atoms in total. The van der Waals surface area contributed by atoms with Gasteiger partial charge in [-0.25, -0.2) is 0 Å². The fraction of sp³-hybridized carbons (Fsp3) is 0.364. The number of carbonyl (C=O) groups excluding carboxylic acids is 1. The lowest BCUT2D eigenvalue weighted by molar-refractivity contribution is 0.0150. The third kappa shape index (κ3) is 3.46. The predicted octanol–water partition coefficient (Wildman–Crippen LogP) is 1.30. The van der Waals surface area contributed by atoms with E-state index in [0.717, 1.165) is 0 Å². The van der Waals surface area contributed by atoms with Crippen molar-refractivity contribution in [1.29, 1.82) is 0 Å². The first-order valence-corrected chi connectivity index (χ1v) is 5.25. The average molecular weight is 251 g/mol. The van der Waals surface area contributed by atoms with Gasteiger partial charge in [-0.05, 0) is 29.6 Å². The van der Waals surface area contributed by atoms with Gasteiger partial charge in [0.25, 0.3) is 0 Å². The SMILES string of the molecule is [N-]=[N+]=NCCC(O)C(O)c1ccc(O)c(C=O)c1. The van der Waals surface area contributed by atoms with Gasteiger partial charge in [0, 0.05) is 11.5 Å². The van der Waals surface area contributed by atoms with Gasteiger partial charge in [0.05, 0.1) is 11.7 Å². The molecule has 96 valence electrons. The summed E-state index contributed by atoms with van der Waals surface area (Å²) in [6.07, 6.45) is -1.77. The summed E-state index contributed by atoms with van der Waals surface area (Å²) < 4.78 is 0. The topological polar surface area (TPSA) is 127 Å². The molecule has 1 aromatic rings. The zero-order chi connectivity index (χ0) is 13.5. The van der Waals surface area contributed by atoms with Gasteiger partial charge in [-0.1, -0.05) is 11.2 Å². The van der Waals surface area contributed by atoms with E-state index in [2.05, 4.69) is 10.0 Å². The highest BCUT2D eigenvalue weighted by atomic mass is 16.3. The minimum absolute atomic E-state index is 0.0359. The van der Waals surface area contributed by atoms with Crippen LogP contribution in [0.3, 0.4) is 0 Å². The minimum Gasteiger partial charge on any atom is -0.507 e. The second-order valence-electron chi connectivity index (χ2n) is 3.69. The molecule has 0 fully saturated rings. The molecule has 3 N–H and O–H groups in total. The molecule has 0 heterocycles. The highest BCUT2D eigenvalue weighted by Gasteiger charge is 2.18. The minimum atomic E-state index is -1.21. The second kappa shape index (κ2) is 6.61. The van der Waals surface area contributed by atoms with Gasteiger partial charge in [-0.15, -0.1) is 0 Å². The monoisotopic (exact) mass is 251 g/mol. The number of rotatable bonds is 6. The van der Waals surface area contributed by atoms with Crippen LogP contribution in [0.2, 0.25) is 0 Å². The smallest absolute Gasteiger partial charge is 0.153 e. The number of aromatic hydroxyl groups is 1. The Labute approximate surface area is 103 Å². The van der Waals surface area contributed by atoms with Crippen molar-refractivity contribution in [3.8, 4) is 5.75 Å². The van der Waals surface area contributed by atoms with Crippen LogP contribution < -0.4 is 0 Å². The molecule has 18 heavy (non-hydrogen) atoms. The summed E-state index contributed by atoms with van der Waals surface area (Å²) in [5, 5.41) is 32.0. The number of aliphatic hydroxyl groups excluding tert-OH is 2. The maximum Gasteiger partial charge on any atom is 0.153 e. The molecular weight excluding hydrogens is 238 g/mol. The molecule has 0 amide bonds. The van der Waals surface area contributed by atoms with E-state index in [1.54, 1.807) is 0 Å². The van der Waals surface area contributed by atoms with Crippen molar-refractivity contribution in [2.24, 2.45) is 5.11 Å². The third-order valence-corrected chi connectivity index (χ3v) is 2.47. The Morgan fingerprint density at radius 1 is 1.44 bits per heavy atom. The van der Waals surface area contributed by atoms with Gasteiger partial charge in [0.2, 0.25) is 0 Å². The van der Waals surface area contributed by atoms with E-state index in [4.69, 9.17) is 5.53 Å². The molecule has 7 heteroatoms. The number of azide groups is 1. The van der Waals surface area contributed by atoms with Crippen LogP contribution in [0.15, 0.2) is 23.3 Å². The highest BCUT2D eigenvalue weighted by Crippen LogP contribution is 2.24. The van der Waals surface area contributed by atoms with Crippen molar-refractivity contribution in [2.45, 2.75) is 18.6 Å². The first-order chi connectivity index (χ1) is 8.60. The first kappa shape index (κ1) is 14.0. The molecule has 0 saturated heterocycles. The van der Waals surface area contributed by atoms with Gasteiger partial charge < -0.3 is 15.3 Å². The fourth-order valence-corrected chi connectivity index (χ4v) is 1.47. The Kier molecular flexibility index (Phi) is 5.13. The van der Waals surface area contributed by atoms with Crippen LogP contribution in [-0.2, 0) is 0 Å². The highest BCUT2D eigenvalue weighted by molar-refractivity contribution is 5.79. The van der Waals surface area contributed by atoms with Crippen LogP contribution in [0.25, 0.3) is 10.4 Å². The van der Waals surface area contributed by atoms with E-state index in [1.165, 1.54) is 18.2 Å². The van der Waals surface area contributed by atoms with E-state index in [0.29, 0.717) is 11.8 Å². The van der Waals surface area contributed by atoms with Gasteiger partial charge in [-0.3, -0.25) is 4.79 Å². The summed E-state index contributed by atoms with van der Waals surface area (Å²) in [6, 6.07) is 3.97. The van der Waals surface area contributed by atoms with Crippen molar-refractivity contribution < 1.29 is 20.1 Å². The lowest BCUT2D eigenvalue weighted by Crippen LogP contribution is -2.19. The number of aliphatic hydroxyl groups is 2. The van der Waals surface area contributed by atoms with E-state index in [1.807, 2.05) is 0 Å². The molecular formula is C11H13N3O4. The number of hydrogen-bond donors (Lipinski definition) is 3. The Hall–Kier alpha value is -2.08. The summed E-state index contributed by atoms with van der Waals surface area (Å²) >= 11 is 0. The maximum atomic E-state index is 10.6. The van der Waals surface area contributed by atoms with E-state index in [-0.39, 0.29) is 24.3 Å². The maximum absolute atomic E-state index is 10.6. The quantitative estimate of drug-likeness (QED) is 0.304. The van der Waals surface area contributed by atoms with Crippen LogP contribution in [0.1, 0.15) is 28.4 Å². The molecule has 0 aliphatic carbocycles. The molecule has 1 rings (SSSR count). The summed E-state index contributed by atoms with van der Waals surface area (Å²) in [4.78, 5) is 13.2. The first-order valence-electron chi connectivity index (χ1n) is 5.25. The molecule has 0 aliphatic heterocycles. The van der Waals surface area contributed by atoms with Gasteiger partial charge in [-0.2, -0.15) is 0 Å². The number of phenolic OH excluding ortho intramolecular Hbond substituents is 1. The van der Waals surface area contributed by atoms with Crippen molar-refractivity contribution in [2.75, 3.05) is 6.54 Å². The van der Waals surface area contributed by atoms with E-state index >= 15 is 0 Å². The van der Waals surface area contributed by atoms with Crippen molar-refractivity contribution in [3.63, 3.8) is 0 Å². The zero-order valence-electron chi connectivity index (χ0n) is 9.47. The zero-order valence-corrected chi connectivity index (χ0v) is 9.47. The molecule has 0 bridgehead atoms. The van der Waals surface area contributed by atoms with Crippen LogP contribution in [0, 0.1) is 0 Å². The Balaban J connectivity index is 2.79. The number of hydrogen-bond acceptors (Lipinski definition) is 5. The molecule has 0 saturated carbocycles. The third-order valence-electron chi connectivity index (χ3n) is 2.47. The summed E-state index contributed by atoms with van der Waals surface area (Å²) in [7, 11) is 0. The number of benzene rings is 1. The molecule has 0 aromatic heterocycles. The molecule has 0 spiro atoms. The lowest BCUT2D eigenvalue weighted by Gasteiger charge is -2.17. The largest absolute Gasteiger partial charge is 0.507 e. The van der Waals surface area contributed by atoms with E-state index < -0.39 is 12.2 Å². The standard InChI is InChI=1S/C11H13N3O4/c12-14-13-4-3-10(17)11(18)7-1-2-9(16)8(5-7)6-15/h1-2,5-6,10-11,16-18H,3-4H2. The molecule has 0 radical (unpaired) electrons. The Morgan fingerprint density at radius 3 is 2.78 bits per heavy atom. The molecule has 2 unspecified atom stereocenters. The van der Waals surface area contributed by atoms with Crippen molar-refractivity contribution in [3.05, 3.63) is 39.8 Å². The predicted molar refractivity (Wildman–Crippen MR) is 63.1 cm³/mol. The number of phenols is 1. The van der Waals surface area contributed by atoms with Crippen LogP contribution >= 0.6 is 0 Å². The average Bonchev–Trinajstić information content (AvgIpc) is 2.38. The Bertz CT molecular complexity index is 471. The Morgan fingerprint density at radius 2 is 2.17 bits per heavy atom. The summed E-state index contributed by atoms with van der Waals surface area (Å²) in [6.45, 7) is 0.0628. The number of aldehydes is 1. The van der Waals surface area contributed by atoms with E-state index in [9.17, 15) is 20.1 Å². The second-order valence-corrected chi connectivity index (χ2v) is 3.69. The molecule has 2 atom stereocenters. The molecule has 0 aliphatic rings. The van der Waals surface area contributed by atoms with Crippen molar-refractivity contribution >= 4 is 6.29 Å². The van der Waals surface area contributed by atoms with Crippen molar-refractivity contribution in [1.82, 2.24) is 0 Å². The lowest BCUT2D eigenvalue weighted by atomic mass is 10.00. The molecule has 1 aromatic carbocycles. The van der Waals surface area contributed by atoms with Gasteiger partial charge in [0.15, 0.2) is 6.29 Å². The summed E-state index contributed by atoms with van der Waals surface area (Å²) in [5.41, 5.74) is 8.43. The normalized spacial score (nSPS) is 13.4. The summed E-state index contributed by atoms with van der Waals surface area (Å²) in [5.74, 6) is -0.190. The fourth-order valence-electron chi connectivity index (χ4n) is 1.47. The number of nitrogens with zero attached hydrogens (tertiary/aromatic N) is 3. The van der Waals surface area contributed by atoms with Gasteiger partial charge >= 0.3 is 0 Å². The number of carbonyl (C=O) groups is 1. The van der Waals surface area contributed by atoms with Crippen LogP contribution in [0.4, 0.5) is 0 Å². The van der Waals surface area contributed by atoms with Crippen LogP contribution in [-0.4, -0.2) is 34.3 Å². The van der Waals surface area contributed by atoms with Crippen LogP contribution in [0.5, 0.6) is 5.75 Å². The van der Waals surface area contributed by atoms with Gasteiger partial charge in [0.1, 0.15) is 11.9 Å².